The standard InChI is InChI=1S/C8H7NO4/c1-9-6(8(12)13)2-5(4-10)3-7(9)11/h2-4H,1H3,(H,12,13). The molecule has 0 bridgehead atoms. The summed E-state index contributed by atoms with van der Waals surface area (Å²) in [5.74, 6) is -1.23. The summed E-state index contributed by atoms with van der Waals surface area (Å²) in [5.41, 5.74) is -0.642. The zero-order valence-corrected chi connectivity index (χ0v) is 6.85. The Hall–Kier alpha value is -1.91. The minimum atomic E-state index is -1.23. The van der Waals surface area contributed by atoms with Gasteiger partial charge in [-0.3, -0.25) is 9.59 Å². The molecular formula is C8H7NO4. The van der Waals surface area contributed by atoms with E-state index >= 15 is 0 Å². The van der Waals surface area contributed by atoms with Crippen molar-refractivity contribution >= 4 is 12.3 Å². The zero-order chi connectivity index (χ0) is 10.0. The van der Waals surface area contributed by atoms with Crippen molar-refractivity contribution in [2.45, 2.75) is 0 Å². The summed E-state index contributed by atoms with van der Waals surface area (Å²) >= 11 is 0. The largest absolute Gasteiger partial charge is 0.477 e. The Balaban J connectivity index is 3.50. The molecule has 0 spiro atoms. The Kier molecular flexibility index (Phi) is 2.27. The Morgan fingerprint density at radius 2 is 2.15 bits per heavy atom. The molecule has 1 N–H and O–H groups in total. The first-order valence-electron chi connectivity index (χ1n) is 3.46. The number of nitrogens with zero attached hydrogens (tertiary/aromatic N) is 1. The van der Waals surface area contributed by atoms with Crippen LogP contribution in [0, 0.1) is 0 Å². The van der Waals surface area contributed by atoms with E-state index in [9.17, 15) is 14.4 Å². The lowest BCUT2D eigenvalue weighted by molar-refractivity contribution is 0.0685. The third-order valence-corrected chi connectivity index (χ3v) is 1.64. The average molecular weight is 181 g/mol. The number of carbonyl (C=O) groups excluding carboxylic acids is 1. The molecule has 13 heavy (non-hydrogen) atoms. The van der Waals surface area contributed by atoms with Gasteiger partial charge in [-0.15, -0.1) is 0 Å². The van der Waals surface area contributed by atoms with Gasteiger partial charge >= 0.3 is 5.97 Å². The molecule has 0 unspecified atom stereocenters. The summed E-state index contributed by atoms with van der Waals surface area (Å²) in [6, 6.07) is 2.23. The number of carboxylic acid groups (broad SMARTS) is 1. The minimum absolute atomic E-state index is 0.0699. The molecule has 0 aliphatic carbocycles. The maximum absolute atomic E-state index is 11.1. The highest BCUT2D eigenvalue weighted by Crippen LogP contribution is 1.98. The summed E-state index contributed by atoms with van der Waals surface area (Å²) in [4.78, 5) is 31.9. The van der Waals surface area contributed by atoms with Crippen LogP contribution in [0.25, 0.3) is 0 Å². The SMILES string of the molecule is Cn1c(C(=O)O)cc(C=O)cc1=O. The lowest BCUT2D eigenvalue weighted by atomic mass is 10.2. The number of aromatic carboxylic acids is 1. The molecular weight excluding hydrogens is 174 g/mol. The number of aromatic nitrogens is 1. The molecule has 5 heteroatoms. The molecule has 0 saturated heterocycles. The Morgan fingerprint density at radius 1 is 1.54 bits per heavy atom. The molecule has 1 heterocycles. The third kappa shape index (κ3) is 1.64. The smallest absolute Gasteiger partial charge is 0.352 e. The van der Waals surface area contributed by atoms with Gasteiger partial charge in [-0.2, -0.15) is 0 Å². The van der Waals surface area contributed by atoms with Crippen molar-refractivity contribution in [3.63, 3.8) is 0 Å². The van der Waals surface area contributed by atoms with Gasteiger partial charge in [0, 0.05) is 18.7 Å². The van der Waals surface area contributed by atoms with E-state index in [-0.39, 0.29) is 11.3 Å². The molecule has 1 aromatic heterocycles. The second-order valence-corrected chi connectivity index (χ2v) is 2.49. The first-order valence-corrected chi connectivity index (χ1v) is 3.46. The highest BCUT2D eigenvalue weighted by Gasteiger charge is 2.09. The van der Waals surface area contributed by atoms with Crippen LogP contribution < -0.4 is 5.56 Å². The molecule has 0 radical (unpaired) electrons. The van der Waals surface area contributed by atoms with Gasteiger partial charge in [0.15, 0.2) is 0 Å². The summed E-state index contributed by atoms with van der Waals surface area (Å²) in [6.07, 6.45) is 0.438. The van der Waals surface area contributed by atoms with Crippen LogP contribution in [0.4, 0.5) is 0 Å². The van der Waals surface area contributed by atoms with E-state index in [0.29, 0.717) is 6.29 Å². The molecule has 5 nitrogen and oxygen atoms in total. The normalized spacial score (nSPS) is 9.62. The lowest BCUT2D eigenvalue weighted by Crippen LogP contribution is -2.23. The minimum Gasteiger partial charge on any atom is -0.477 e. The number of hydrogen-bond acceptors (Lipinski definition) is 3. The van der Waals surface area contributed by atoms with E-state index < -0.39 is 11.5 Å². The maximum Gasteiger partial charge on any atom is 0.352 e. The number of aldehydes is 1. The molecule has 1 rings (SSSR count). The van der Waals surface area contributed by atoms with Crippen LogP contribution in [0.3, 0.4) is 0 Å². The first kappa shape index (κ1) is 9.18. The van der Waals surface area contributed by atoms with Crippen LogP contribution in [0.5, 0.6) is 0 Å². The Bertz CT molecular complexity index is 419. The van der Waals surface area contributed by atoms with Crippen LogP contribution in [0.2, 0.25) is 0 Å². The molecule has 0 aliphatic rings. The molecule has 0 saturated carbocycles. The van der Waals surface area contributed by atoms with Crippen molar-refractivity contribution in [1.29, 1.82) is 0 Å². The Morgan fingerprint density at radius 3 is 2.62 bits per heavy atom. The summed E-state index contributed by atoms with van der Waals surface area (Å²) in [6.45, 7) is 0. The Labute approximate surface area is 73.2 Å². The van der Waals surface area contributed by atoms with Crippen molar-refractivity contribution in [3.05, 3.63) is 33.7 Å². The number of rotatable bonds is 2. The maximum atomic E-state index is 11.1. The molecule has 0 aliphatic heterocycles. The van der Waals surface area contributed by atoms with E-state index in [1.807, 2.05) is 0 Å². The van der Waals surface area contributed by atoms with Gasteiger partial charge in [0.2, 0.25) is 0 Å². The molecule has 1 aromatic rings. The summed E-state index contributed by atoms with van der Waals surface area (Å²) in [7, 11) is 1.33. The van der Waals surface area contributed by atoms with Crippen LogP contribution in [0.15, 0.2) is 16.9 Å². The average Bonchev–Trinajstić information content (AvgIpc) is 2.09. The number of pyridine rings is 1. The van der Waals surface area contributed by atoms with E-state index in [2.05, 4.69) is 0 Å². The van der Waals surface area contributed by atoms with Gasteiger partial charge in [-0.1, -0.05) is 0 Å². The third-order valence-electron chi connectivity index (χ3n) is 1.64. The van der Waals surface area contributed by atoms with Crippen molar-refractivity contribution < 1.29 is 14.7 Å². The number of carbonyl (C=O) groups is 2. The predicted molar refractivity (Wildman–Crippen MR) is 44.0 cm³/mol. The molecule has 0 aromatic carbocycles. The monoisotopic (exact) mass is 181 g/mol. The van der Waals surface area contributed by atoms with Crippen LogP contribution in [0.1, 0.15) is 20.8 Å². The van der Waals surface area contributed by atoms with Gasteiger partial charge in [-0.05, 0) is 6.07 Å². The predicted octanol–water partition coefficient (Wildman–Crippen LogP) is -0.104. The highest BCUT2D eigenvalue weighted by molar-refractivity contribution is 5.88. The van der Waals surface area contributed by atoms with Crippen molar-refractivity contribution in [1.82, 2.24) is 4.57 Å². The van der Waals surface area contributed by atoms with E-state index in [4.69, 9.17) is 5.11 Å². The van der Waals surface area contributed by atoms with Crippen molar-refractivity contribution in [3.8, 4) is 0 Å². The van der Waals surface area contributed by atoms with E-state index in [1.165, 1.54) is 7.05 Å². The second-order valence-electron chi connectivity index (χ2n) is 2.49. The quantitative estimate of drug-likeness (QED) is 0.646. The van der Waals surface area contributed by atoms with E-state index in [1.54, 1.807) is 0 Å². The molecule has 0 fully saturated rings. The van der Waals surface area contributed by atoms with Crippen LogP contribution in [-0.4, -0.2) is 21.9 Å². The second kappa shape index (κ2) is 3.22. The van der Waals surface area contributed by atoms with Crippen LogP contribution >= 0.6 is 0 Å². The highest BCUT2D eigenvalue weighted by atomic mass is 16.4. The lowest BCUT2D eigenvalue weighted by Gasteiger charge is -2.02. The fourth-order valence-electron chi connectivity index (χ4n) is 0.928. The fourth-order valence-corrected chi connectivity index (χ4v) is 0.928. The van der Waals surface area contributed by atoms with Gasteiger partial charge in [0.25, 0.3) is 5.56 Å². The first-order chi connectivity index (χ1) is 6.06. The van der Waals surface area contributed by atoms with Gasteiger partial charge in [0.1, 0.15) is 12.0 Å². The topological polar surface area (TPSA) is 76.4 Å². The molecule has 68 valence electrons. The number of hydrogen-bond donors (Lipinski definition) is 1. The zero-order valence-electron chi connectivity index (χ0n) is 6.85. The van der Waals surface area contributed by atoms with Crippen molar-refractivity contribution in [2.75, 3.05) is 0 Å². The van der Waals surface area contributed by atoms with Crippen molar-refractivity contribution in [2.24, 2.45) is 7.05 Å². The van der Waals surface area contributed by atoms with E-state index in [0.717, 1.165) is 16.7 Å². The number of carboxylic acids is 1. The fraction of sp³-hybridized carbons (Fsp3) is 0.125. The van der Waals surface area contributed by atoms with Gasteiger partial charge in [-0.25, -0.2) is 4.79 Å². The summed E-state index contributed by atoms with van der Waals surface area (Å²) in [5, 5.41) is 8.63. The summed E-state index contributed by atoms with van der Waals surface area (Å²) < 4.78 is 0.968. The van der Waals surface area contributed by atoms with Crippen LogP contribution in [-0.2, 0) is 7.05 Å². The van der Waals surface area contributed by atoms with Gasteiger partial charge < -0.3 is 9.67 Å². The molecule has 0 amide bonds. The van der Waals surface area contributed by atoms with Gasteiger partial charge in [0.05, 0.1) is 0 Å². The molecule has 0 atom stereocenters.